The Kier molecular flexibility index (Phi) is 5.28. The number of rotatable bonds is 4. The monoisotopic (exact) mass is 385 g/mol. The van der Waals surface area contributed by atoms with Gasteiger partial charge < -0.3 is 14.4 Å². The number of morpholine rings is 1. The van der Waals surface area contributed by atoms with E-state index in [2.05, 4.69) is 9.88 Å². The van der Waals surface area contributed by atoms with E-state index in [0.717, 1.165) is 38.0 Å². The second kappa shape index (κ2) is 7.85. The third kappa shape index (κ3) is 4.00. The lowest BCUT2D eigenvalue weighted by Crippen LogP contribution is -2.58. The maximum atomic E-state index is 13.6. The van der Waals surface area contributed by atoms with Gasteiger partial charge in [-0.05, 0) is 36.6 Å². The van der Waals surface area contributed by atoms with Crippen LogP contribution < -0.4 is 9.64 Å². The zero-order valence-electron chi connectivity index (χ0n) is 15.9. The maximum Gasteiger partial charge on any atom is 0.253 e. The Morgan fingerprint density at radius 1 is 1.25 bits per heavy atom. The maximum absolute atomic E-state index is 13.6. The highest BCUT2D eigenvalue weighted by Gasteiger charge is 2.42. The summed E-state index contributed by atoms with van der Waals surface area (Å²) in [6, 6.07) is 10.1. The lowest BCUT2D eigenvalue weighted by atomic mass is 9.89. The number of hydrogen-bond acceptors (Lipinski definition) is 5. The lowest BCUT2D eigenvalue weighted by Gasteiger charge is -2.47. The van der Waals surface area contributed by atoms with E-state index in [-0.39, 0.29) is 23.9 Å². The Balaban J connectivity index is 1.39. The molecular formula is C21H24FN3O3. The number of pyridine rings is 1. The van der Waals surface area contributed by atoms with Gasteiger partial charge in [-0.15, -0.1) is 0 Å². The summed E-state index contributed by atoms with van der Waals surface area (Å²) in [6.45, 7) is 3.07. The highest BCUT2D eigenvalue weighted by atomic mass is 19.1. The van der Waals surface area contributed by atoms with E-state index in [0.29, 0.717) is 18.1 Å². The van der Waals surface area contributed by atoms with Gasteiger partial charge in [0.15, 0.2) is 0 Å². The van der Waals surface area contributed by atoms with Gasteiger partial charge in [-0.2, -0.15) is 0 Å². The molecule has 2 aliphatic heterocycles. The summed E-state index contributed by atoms with van der Waals surface area (Å²) in [4.78, 5) is 20.6. The molecule has 28 heavy (non-hydrogen) atoms. The van der Waals surface area contributed by atoms with Crippen LogP contribution in [0.25, 0.3) is 0 Å². The van der Waals surface area contributed by atoms with Crippen LogP contribution in [0.4, 0.5) is 10.1 Å². The molecule has 7 heteroatoms. The summed E-state index contributed by atoms with van der Waals surface area (Å²) in [5.41, 5.74) is 1.37. The van der Waals surface area contributed by atoms with Crippen molar-refractivity contribution in [3.63, 3.8) is 0 Å². The first-order chi connectivity index (χ1) is 13.6. The molecule has 0 bridgehead atoms. The molecule has 1 aromatic heterocycles. The minimum atomic E-state index is -0.366. The number of amides is 1. The van der Waals surface area contributed by atoms with Crippen molar-refractivity contribution in [2.45, 2.75) is 25.0 Å². The molecule has 148 valence electrons. The van der Waals surface area contributed by atoms with Crippen LogP contribution in [0.1, 0.15) is 18.4 Å². The third-order valence-corrected chi connectivity index (χ3v) is 5.55. The number of ether oxygens (including phenoxy) is 2. The predicted octanol–water partition coefficient (Wildman–Crippen LogP) is 2.63. The largest absolute Gasteiger partial charge is 0.481 e. The summed E-state index contributed by atoms with van der Waals surface area (Å²) in [7, 11) is 1.61. The number of benzene rings is 1. The van der Waals surface area contributed by atoms with Crippen molar-refractivity contribution < 1.29 is 18.7 Å². The van der Waals surface area contributed by atoms with Crippen LogP contribution in [0.3, 0.4) is 0 Å². The van der Waals surface area contributed by atoms with Gasteiger partial charge in [-0.25, -0.2) is 9.37 Å². The summed E-state index contributed by atoms with van der Waals surface area (Å²) in [5, 5.41) is 0. The Morgan fingerprint density at radius 3 is 2.75 bits per heavy atom. The first-order valence-corrected chi connectivity index (χ1v) is 9.48. The van der Waals surface area contributed by atoms with E-state index in [9.17, 15) is 9.18 Å². The molecule has 3 heterocycles. The van der Waals surface area contributed by atoms with Crippen molar-refractivity contribution in [3.8, 4) is 5.88 Å². The SMILES string of the molecule is COc1ccc(CN2CCC3(CC2)CN(c2cccc(F)c2)C(=O)CO3)cn1. The summed E-state index contributed by atoms with van der Waals surface area (Å²) >= 11 is 0. The number of piperidine rings is 1. The molecule has 0 saturated carbocycles. The van der Waals surface area contributed by atoms with E-state index in [4.69, 9.17) is 9.47 Å². The smallest absolute Gasteiger partial charge is 0.253 e. The molecule has 0 unspecified atom stereocenters. The van der Waals surface area contributed by atoms with Gasteiger partial charge in [0, 0.05) is 37.6 Å². The number of likely N-dealkylation sites (tertiary alicyclic amines) is 1. The molecule has 6 nitrogen and oxygen atoms in total. The van der Waals surface area contributed by atoms with Crippen LogP contribution >= 0.6 is 0 Å². The fourth-order valence-electron chi connectivity index (χ4n) is 3.90. The molecule has 1 spiro atoms. The molecule has 2 aliphatic rings. The van der Waals surface area contributed by atoms with Crippen molar-refractivity contribution in [2.75, 3.05) is 38.3 Å². The molecule has 4 rings (SSSR count). The van der Waals surface area contributed by atoms with E-state index in [1.807, 2.05) is 18.3 Å². The van der Waals surface area contributed by atoms with Crippen molar-refractivity contribution in [1.82, 2.24) is 9.88 Å². The average Bonchev–Trinajstić information content (AvgIpc) is 2.72. The number of anilines is 1. The van der Waals surface area contributed by atoms with Crippen molar-refractivity contribution in [2.24, 2.45) is 0 Å². The van der Waals surface area contributed by atoms with Crippen LogP contribution in [0.15, 0.2) is 42.6 Å². The molecule has 0 atom stereocenters. The summed E-state index contributed by atoms with van der Waals surface area (Å²) in [5.74, 6) is 0.149. The molecular weight excluding hydrogens is 361 g/mol. The van der Waals surface area contributed by atoms with Gasteiger partial charge in [0.05, 0.1) is 19.3 Å². The highest BCUT2D eigenvalue weighted by Crippen LogP contribution is 2.33. The number of nitrogens with zero attached hydrogens (tertiary/aromatic N) is 3. The fraction of sp³-hybridized carbons (Fsp3) is 0.429. The third-order valence-electron chi connectivity index (χ3n) is 5.55. The van der Waals surface area contributed by atoms with Gasteiger partial charge in [-0.3, -0.25) is 9.69 Å². The standard InChI is InChI=1S/C21H24FN3O3/c1-27-19-6-5-16(12-23-19)13-24-9-7-21(8-10-24)15-25(20(26)14-28-21)18-4-2-3-17(22)11-18/h2-6,11-12H,7-10,13-15H2,1H3. The molecule has 1 aromatic carbocycles. The zero-order valence-corrected chi connectivity index (χ0v) is 15.9. The number of halogens is 1. The molecule has 1 amide bonds. The van der Waals surface area contributed by atoms with E-state index < -0.39 is 0 Å². The summed E-state index contributed by atoms with van der Waals surface area (Å²) in [6.07, 6.45) is 3.50. The highest BCUT2D eigenvalue weighted by molar-refractivity contribution is 5.95. The van der Waals surface area contributed by atoms with E-state index in [1.54, 1.807) is 24.1 Å². The Bertz CT molecular complexity index is 835. The molecule has 0 radical (unpaired) electrons. The second-order valence-corrected chi connectivity index (χ2v) is 7.42. The van der Waals surface area contributed by atoms with Gasteiger partial charge in [0.1, 0.15) is 12.4 Å². The number of hydrogen-bond donors (Lipinski definition) is 0. The second-order valence-electron chi connectivity index (χ2n) is 7.42. The van der Waals surface area contributed by atoms with Crippen molar-refractivity contribution in [1.29, 1.82) is 0 Å². The van der Waals surface area contributed by atoms with Gasteiger partial charge in [0.2, 0.25) is 5.88 Å². The molecule has 2 saturated heterocycles. The Morgan fingerprint density at radius 2 is 2.07 bits per heavy atom. The molecule has 0 N–H and O–H groups in total. The minimum Gasteiger partial charge on any atom is -0.481 e. The first kappa shape index (κ1) is 18.8. The Labute approximate surface area is 163 Å². The quantitative estimate of drug-likeness (QED) is 0.810. The zero-order chi connectivity index (χ0) is 19.6. The predicted molar refractivity (Wildman–Crippen MR) is 103 cm³/mol. The van der Waals surface area contributed by atoms with Crippen LogP contribution in [-0.2, 0) is 16.1 Å². The van der Waals surface area contributed by atoms with Crippen LogP contribution in [-0.4, -0.2) is 54.7 Å². The van der Waals surface area contributed by atoms with Gasteiger partial charge in [-0.1, -0.05) is 12.1 Å². The van der Waals surface area contributed by atoms with Crippen LogP contribution in [0, 0.1) is 5.82 Å². The number of carbonyl (C=O) groups excluding carboxylic acids is 1. The van der Waals surface area contributed by atoms with Crippen molar-refractivity contribution in [3.05, 3.63) is 54.0 Å². The normalized spacial score (nSPS) is 19.8. The lowest BCUT2D eigenvalue weighted by molar-refractivity contribution is -0.144. The molecule has 2 aromatic rings. The van der Waals surface area contributed by atoms with Gasteiger partial charge in [0.25, 0.3) is 5.91 Å². The molecule has 2 fully saturated rings. The molecule has 0 aliphatic carbocycles. The average molecular weight is 385 g/mol. The van der Waals surface area contributed by atoms with Gasteiger partial charge >= 0.3 is 0 Å². The Hall–Kier alpha value is -2.51. The van der Waals surface area contributed by atoms with Crippen LogP contribution in [0.5, 0.6) is 5.88 Å². The number of methoxy groups -OCH3 is 1. The fourth-order valence-corrected chi connectivity index (χ4v) is 3.90. The number of carbonyl (C=O) groups is 1. The first-order valence-electron chi connectivity index (χ1n) is 9.48. The van der Waals surface area contributed by atoms with E-state index >= 15 is 0 Å². The van der Waals surface area contributed by atoms with Crippen molar-refractivity contribution >= 4 is 11.6 Å². The van der Waals surface area contributed by atoms with Crippen LogP contribution in [0.2, 0.25) is 0 Å². The minimum absolute atomic E-state index is 0.0406. The topological polar surface area (TPSA) is 54.9 Å². The summed E-state index contributed by atoms with van der Waals surface area (Å²) < 4.78 is 24.7. The number of aromatic nitrogens is 1. The van der Waals surface area contributed by atoms with E-state index in [1.165, 1.54) is 12.1 Å².